The maximum atomic E-state index is 11.6. The van der Waals surface area contributed by atoms with Crippen LogP contribution in [-0.2, 0) is 4.79 Å². The van der Waals surface area contributed by atoms with Gasteiger partial charge in [0.1, 0.15) is 0 Å². The summed E-state index contributed by atoms with van der Waals surface area (Å²) in [6.45, 7) is 5.40. The Bertz CT molecular complexity index is 183. The van der Waals surface area contributed by atoms with E-state index in [-0.39, 0.29) is 11.8 Å². The van der Waals surface area contributed by atoms with Crippen LogP contribution < -0.4 is 11.1 Å². The topological polar surface area (TPSA) is 58.4 Å². The SMILES string of the molecule is CC(CCCN)C(=O)NCC(C)N(C)C. The van der Waals surface area contributed by atoms with Crippen LogP contribution in [0.4, 0.5) is 0 Å². The van der Waals surface area contributed by atoms with Crippen molar-refractivity contribution < 1.29 is 4.79 Å². The number of carbonyl (C=O) groups excluding carboxylic acids is 1. The van der Waals surface area contributed by atoms with Crippen molar-refractivity contribution in [2.24, 2.45) is 11.7 Å². The molecule has 2 unspecified atom stereocenters. The second-order valence-corrected chi connectivity index (χ2v) is 4.39. The van der Waals surface area contributed by atoms with Crippen molar-refractivity contribution >= 4 is 5.91 Å². The van der Waals surface area contributed by atoms with Gasteiger partial charge in [-0.15, -0.1) is 0 Å². The molecule has 4 nitrogen and oxygen atoms in total. The molecule has 1 amide bonds. The van der Waals surface area contributed by atoms with Gasteiger partial charge in [-0.3, -0.25) is 4.79 Å². The van der Waals surface area contributed by atoms with Crippen LogP contribution in [-0.4, -0.2) is 44.0 Å². The van der Waals surface area contributed by atoms with Gasteiger partial charge >= 0.3 is 0 Å². The molecule has 4 heteroatoms. The first kappa shape index (κ1) is 14.4. The Balaban J connectivity index is 3.73. The van der Waals surface area contributed by atoms with E-state index in [1.165, 1.54) is 0 Å². The van der Waals surface area contributed by atoms with Gasteiger partial charge in [-0.1, -0.05) is 6.92 Å². The first-order valence-electron chi connectivity index (χ1n) is 5.63. The number of likely N-dealkylation sites (N-methyl/N-ethyl adjacent to an activating group) is 1. The van der Waals surface area contributed by atoms with Gasteiger partial charge in [-0.2, -0.15) is 0 Å². The maximum absolute atomic E-state index is 11.6. The molecule has 0 aromatic carbocycles. The quantitative estimate of drug-likeness (QED) is 0.647. The Morgan fingerprint density at radius 1 is 1.40 bits per heavy atom. The third-order valence-corrected chi connectivity index (χ3v) is 2.74. The fourth-order valence-electron chi connectivity index (χ4n) is 1.16. The number of amides is 1. The molecule has 0 aliphatic rings. The molecule has 90 valence electrons. The molecule has 0 bridgehead atoms. The summed E-state index contributed by atoms with van der Waals surface area (Å²) in [5.74, 6) is 0.208. The predicted molar refractivity (Wildman–Crippen MR) is 63.6 cm³/mol. The molecule has 0 heterocycles. The molecular formula is C11H25N3O. The first-order chi connectivity index (χ1) is 6.99. The highest BCUT2D eigenvalue weighted by Gasteiger charge is 2.13. The average Bonchev–Trinajstić information content (AvgIpc) is 2.21. The lowest BCUT2D eigenvalue weighted by Gasteiger charge is -2.21. The van der Waals surface area contributed by atoms with Crippen LogP contribution in [0.2, 0.25) is 0 Å². The van der Waals surface area contributed by atoms with Crippen LogP contribution in [0, 0.1) is 5.92 Å². The zero-order valence-corrected chi connectivity index (χ0v) is 10.4. The van der Waals surface area contributed by atoms with Crippen molar-refractivity contribution in [2.45, 2.75) is 32.7 Å². The minimum atomic E-state index is 0.0721. The molecule has 15 heavy (non-hydrogen) atoms. The zero-order chi connectivity index (χ0) is 11.8. The van der Waals surface area contributed by atoms with Crippen LogP contribution in [0.5, 0.6) is 0 Å². The van der Waals surface area contributed by atoms with Gasteiger partial charge in [0.2, 0.25) is 5.91 Å². The monoisotopic (exact) mass is 215 g/mol. The normalized spacial score (nSPS) is 15.1. The highest BCUT2D eigenvalue weighted by Crippen LogP contribution is 2.04. The standard InChI is InChI=1S/C11H25N3O/c1-9(6-5-7-12)11(15)13-8-10(2)14(3)4/h9-10H,5-8,12H2,1-4H3,(H,13,15). The van der Waals surface area contributed by atoms with Crippen LogP contribution in [0.3, 0.4) is 0 Å². The van der Waals surface area contributed by atoms with E-state index < -0.39 is 0 Å². The van der Waals surface area contributed by atoms with Crippen molar-refractivity contribution in [2.75, 3.05) is 27.2 Å². The van der Waals surface area contributed by atoms with Crippen molar-refractivity contribution in [1.29, 1.82) is 0 Å². The van der Waals surface area contributed by atoms with Crippen LogP contribution in [0.25, 0.3) is 0 Å². The Hall–Kier alpha value is -0.610. The molecule has 0 aliphatic heterocycles. The van der Waals surface area contributed by atoms with Gasteiger partial charge in [0.05, 0.1) is 0 Å². The van der Waals surface area contributed by atoms with Crippen molar-refractivity contribution in [3.63, 3.8) is 0 Å². The molecular weight excluding hydrogens is 190 g/mol. The number of nitrogens with two attached hydrogens (primary N) is 1. The highest BCUT2D eigenvalue weighted by atomic mass is 16.1. The number of nitrogens with one attached hydrogen (secondary N) is 1. The third-order valence-electron chi connectivity index (χ3n) is 2.74. The molecule has 2 atom stereocenters. The summed E-state index contributed by atoms with van der Waals surface area (Å²) in [4.78, 5) is 13.7. The smallest absolute Gasteiger partial charge is 0.222 e. The summed E-state index contributed by atoms with van der Waals surface area (Å²) in [6, 6.07) is 0.371. The van der Waals surface area contributed by atoms with E-state index in [0.29, 0.717) is 19.1 Å². The average molecular weight is 215 g/mol. The summed E-state index contributed by atoms with van der Waals surface area (Å²) >= 11 is 0. The van der Waals surface area contributed by atoms with Crippen molar-refractivity contribution in [3.8, 4) is 0 Å². The molecule has 0 rings (SSSR count). The molecule has 0 aliphatic carbocycles. The van der Waals surface area contributed by atoms with Crippen LogP contribution in [0.1, 0.15) is 26.7 Å². The lowest BCUT2D eigenvalue weighted by atomic mass is 10.0. The minimum absolute atomic E-state index is 0.0721. The first-order valence-corrected chi connectivity index (χ1v) is 5.63. The molecule has 0 saturated heterocycles. The van der Waals surface area contributed by atoms with E-state index >= 15 is 0 Å². The van der Waals surface area contributed by atoms with Gasteiger partial charge < -0.3 is 16.0 Å². The molecule has 0 aromatic heterocycles. The van der Waals surface area contributed by atoms with Gasteiger partial charge in [-0.05, 0) is 40.4 Å². The second kappa shape index (κ2) is 7.65. The Labute approximate surface area is 93.2 Å². The molecule has 3 N–H and O–H groups in total. The van der Waals surface area contributed by atoms with E-state index in [1.54, 1.807) is 0 Å². The summed E-state index contributed by atoms with van der Waals surface area (Å²) in [5.41, 5.74) is 5.40. The van der Waals surface area contributed by atoms with E-state index in [1.807, 2.05) is 21.0 Å². The van der Waals surface area contributed by atoms with Crippen LogP contribution >= 0.6 is 0 Å². The van der Waals surface area contributed by atoms with E-state index in [0.717, 1.165) is 12.8 Å². The van der Waals surface area contributed by atoms with Crippen molar-refractivity contribution in [1.82, 2.24) is 10.2 Å². The molecule has 0 aromatic rings. The fraction of sp³-hybridized carbons (Fsp3) is 0.909. The highest BCUT2D eigenvalue weighted by molar-refractivity contribution is 5.78. The zero-order valence-electron chi connectivity index (χ0n) is 10.4. The fourth-order valence-corrected chi connectivity index (χ4v) is 1.16. The van der Waals surface area contributed by atoms with Gasteiger partial charge in [-0.25, -0.2) is 0 Å². The van der Waals surface area contributed by atoms with Gasteiger partial charge in [0, 0.05) is 18.5 Å². The lowest BCUT2D eigenvalue weighted by molar-refractivity contribution is -0.124. The summed E-state index contributed by atoms with van der Waals surface area (Å²) in [6.07, 6.45) is 1.79. The molecule has 0 saturated carbocycles. The van der Waals surface area contributed by atoms with E-state index in [4.69, 9.17) is 5.73 Å². The minimum Gasteiger partial charge on any atom is -0.354 e. The predicted octanol–water partition coefficient (Wildman–Crippen LogP) is 0.428. The Morgan fingerprint density at radius 2 is 2.00 bits per heavy atom. The Kier molecular flexibility index (Phi) is 7.34. The summed E-state index contributed by atoms with van der Waals surface area (Å²) in [7, 11) is 4.02. The van der Waals surface area contributed by atoms with E-state index in [2.05, 4.69) is 17.1 Å². The number of hydrogen-bond acceptors (Lipinski definition) is 3. The maximum Gasteiger partial charge on any atom is 0.222 e. The summed E-state index contributed by atoms with van der Waals surface area (Å²) < 4.78 is 0. The van der Waals surface area contributed by atoms with Crippen molar-refractivity contribution in [3.05, 3.63) is 0 Å². The molecule has 0 spiro atoms. The number of hydrogen-bond donors (Lipinski definition) is 2. The second-order valence-electron chi connectivity index (χ2n) is 4.39. The number of carbonyl (C=O) groups is 1. The van der Waals surface area contributed by atoms with Gasteiger partial charge in [0.15, 0.2) is 0 Å². The number of rotatable bonds is 7. The summed E-state index contributed by atoms with van der Waals surface area (Å²) in [5, 5.41) is 2.95. The van der Waals surface area contributed by atoms with Gasteiger partial charge in [0.25, 0.3) is 0 Å². The third kappa shape index (κ3) is 6.47. The lowest BCUT2D eigenvalue weighted by Crippen LogP contribution is -2.40. The van der Waals surface area contributed by atoms with Crippen LogP contribution in [0.15, 0.2) is 0 Å². The molecule has 0 fully saturated rings. The largest absolute Gasteiger partial charge is 0.354 e. The Morgan fingerprint density at radius 3 is 2.47 bits per heavy atom. The molecule has 0 radical (unpaired) electrons. The van der Waals surface area contributed by atoms with E-state index in [9.17, 15) is 4.79 Å². The number of nitrogens with zero attached hydrogens (tertiary/aromatic N) is 1.